The zero-order valence-corrected chi connectivity index (χ0v) is 22.6. The smallest absolute Gasteiger partial charge is 0.0604 e. The van der Waals surface area contributed by atoms with Crippen LogP contribution in [0, 0.1) is 0 Å². The monoisotopic (exact) mass is 562 g/mol. The molecule has 0 N–H and O–H groups in total. The minimum atomic E-state index is 1.08. The van der Waals surface area contributed by atoms with Crippen molar-refractivity contribution in [1.29, 1.82) is 0 Å². The largest absolute Gasteiger partial charge is 0.309 e. The Bertz CT molecular complexity index is 2180. The fourth-order valence-corrected chi connectivity index (χ4v) is 6.51. The molecule has 0 saturated carbocycles. The van der Waals surface area contributed by atoms with E-state index < -0.39 is 0 Å². The number of benzene rings is 6. The molecule has 6 aromatic carbocycles. The van der Waals surface area contributed by atoms with Gasteiger partial charge in [-0.3, -0.25) is 0 Å². The lowest BCUT2D eigenvalue weighted by molar-refractivity contribution is 1.17. The van der Waals surface area contributed by atoms with Crippen LogP contribution in [-0.2, 0) is 0 Å². The van der Waals surface area contributed by atoms with E-state index in [-0.39, 0.29) is 0 Å². The molecule has 0 spiro atoms. The summed E-state index contributed by atoms with van der Waals surface area (Å²) >= 11 is 3.78. The second kappa shape index (κ2) is 8.72. The van der Waals surface area contributed by atoms with E-state index in [0.29, 0.717) is 0 Å². The molecule has 3 heteroatoms. The van der Waals surface area contributed by atoms with E-state index in [9.17, 15) is 0 Å². The van der Waals surface area contributed by atoms with Crippen LogP contribution in [0.2, 0.25) is 0 Å². The van der Waals surface area contributed by atoms with Gasteiger partial charge in [-0.15, -0.1) is 0 Å². The van der Waals surface area contributed by atoms with E-state index in [2.05, 4.69) is 165 Å². The highest BCUT2D eigenvalue weighted by Crippen LogP contribution is 2.38. The van der Waals surface area contributed by atoms with Crippen LogP contribution in [0.25, 0.3) is 66.1 Å². The molecular formula is C36H23BrN2. The maximum absolute atomic E-state index is 3.78. The third-order valence-corrected chi connectivity index (χ3v) is 8.46. The number of para-hydroxylation sites is 4. The molecule has 0 unspecified atom stereocenters. The summed E-state index contributed by atoms with van der Waals surface area (Å²) in [5.41, 5.74) is 9.62. The Morgan fingerprint density at radius 1 is 0.385 bits per heavy atom. The normalized spacial score (nSPS) is 11.7. The Kier molecular flexibility index (Phi) is 5.01. The van der Waals surface area contributed by atoms with Crippen LogP contribution in [0.4, 0.5) is 0 Å². The Balaban J connectivity index is 1.37. The predicted octanol–water partition coefficient (Wildman–Crippen LogP) is 10.3. The van der Waals surface area contributed by atoms with Crippen LogP contribution in [0.5, 0.6) is 0 Å². The van der Waals surface area contributed by atoms with Gasteiger partial charge in [0, 0.05) is 31.7 Å². The zero-order valence-electron chi connectivity index (χ0n) is 21.1. The van der Waals surface area contributed by atoms with Crippen molar-refractivity contribution in [3.8, 4) is 22.5 Å². The van der Waals surface area contributed by atoms with Crippen molar-refractivity contribution in [3.63, 3.8) is 0 Å². The summed E-state index contributed by atoms with van der Waals surface area (Å²) in [6, 6.07) is 50.2. The SMILES string of the molecule is Brc1ccccc1-n1c2ccccc2c2cc(-c3ccc4c(c3)c3ccccc3n4-c3ccccc3)ccc21. The first-order valence-corrected chi connectivity index (χ1v) is 13.9. The summed E-state index contributed by atoms with van der Waals surface area (Å²) in [5, 5.41) is 5.05. The van der Waals surface area contributed by atoms with Crippen molar-refractivity contribution >= 4 is 59.5 Å². The number of hydrogen-bond donors (Lipinski definition) is 0. The minimum Gasteiger partial charge on any atom is -0.309 e. The average molecular weight is 563 g/mol. The zero-order chi connectivity index (χ0) is 25.9. The van der Waals surface area contributed by atoms with Gasteiger partial charge in [-0.25, -0.2) is 0 Å². The van der Waals surface area contributed by atoms with Gasteiger partial charge in [-0.1, -0.05) is 78.9 Å². The highest BCUT2D eigenvalue weighted by Gasteiger charge is 2.16. The Labute approximate surface area is 234 Å². The van der Waals surface area contributed by atoms with Crippen LogP contribution in [0.1, 0.15) is 0 Å². The number of aromatic nitrogens is 2. The van der Waals surface area contributed by atoms with Gasteiger partial charge >= 0.3 is 0 Å². The molecule has 184 valence electrons. The van der Waals surface area contributed by atoms with Crippen molar-refractivity contribution < 1.29 is 0 Å². The van der Waals surface area contributed by atoms with E-state index in [4.69, 9.17) is 0 Å². The molecule has 0 atom stereocenters. The lowest BCUT2D eigenvalue weighted by Gasteiger charge is -2.10. The summed E-state index contributed by atoms with van der Waals surface area (Å²) < 4.78 is 5.80. The van der Waals surface area contributed by atoms with E-state index in [1.54, 1.807) is 0 Å². The van der Waals surface area contributed by atoms with E-state index >= 15 is 0 Å². The summed E-state index contributed by atoms with van der Waals surface area (Å²) in [4.78, 5) is 0. The molecule has 0 aliphatic rings. The Morgan fingerprint density at radius 2 is 0.872 bits per heavy atom. The summed E-state index contributed by atoms with van der Waals surface area (Å²) in [7, 11) is 0. The number of fused-ring (bicyclic) bond motifs is 6. The fraction of sp³-hybridized carbons (Fsp3) is 0. The van der Waals surface area contributed by atoms with Crippen molar-refractivity contribution in [2.24, 2.45) is 0 Å². The van der Waals surface area contributed by atoms with Gasteiger partial charge in [0.05, 0.1) is 27.8 Å². The minimum absolute atomic E-state index is 1.08. The molecule has 8 rings (SSSR count). The van der Waals surface area contributed by atoms with Crippen LogP contribution >= 0.6 is 15.9 Å². The molecule has 0 amide bonds. The fourth-order valence-electron chi connectivity index (χ4n) is 6.05. The molecule has 2 heterocycles. The van der Waals surface area contributed by atoms with Crippen molar-refractivity contribution in [2.45, 2.75) is 0 Å². The van der Waals surface area contributed by atoms with Crippen LogP contribution < -0.4 is 0 Å². The summed E-state index contributed by atoms with van der Waals surface area (Å²) in [6.45, 7) is 0. The third kappa shape index (κ3) is 3.40. The molecule has 0 aliphatic carbocycles. The molecule has 0 aliphatic heterocycles. The van der Waals surface area contributed by atoms with Crippen molar-refractivity contribution in [2.75, 3.05) is 0 Å². The standard InChI is InChI=1S/C36H23BrN2/c37-31-14-6-9-17-36(31)39-33-16-8-5-13-28(33)30-23-25(19-21-35(30)39)24-18-20-34-29(22-24)27-12-4-7-15-32(27)38(34)26-10-2-1-3-11-26/h1-23H. The second-order valence-electron chi connectivity index (χ2n) is 9.96. The number of nitrogens with zero attached hydrogens (tertiary/aromatic N) is 2. The molecule has 0 saturated heterocycles. The summed E-state index contributed by atoms with van der Waals surface area (Å²) in [6.07, 6.45) is 0. The van der Waals surface area contributed by atoms with E-state index in [0.717, 1.165) is 10.2 Å². The Morgan fingerprint density at radius 3 is 1.51 bits per heavy atom. The van der Waals surface area contributed by atoms with Gasteiger partial charge < -0.3 is 9.13 Å². The van der Waals surface area contributed by atoms with Crippen LogP contribution in [0.15, 0.2) is 144 Å². The van der Waals surface area contributed by atoms with Gasteiger partial charge in [0.2, 0.25) is 0 Å². The molecule has 0 fully saturated rings. The van der Waals surface area contributed by atoms with Crippen molar-refractivity contribution in [3.05, 3.63) is 144 Å². The maximum Gasteiger partial charge on any atom is 0.0604 e. The van der Waals surface area contributed by atoms with Gasteiger partial charge in [-0.2, -0.15) is 0 Å². The Hall–Kier alpha value is -4.60. The van der Waals surface area contributed by atoms with Gasteiger partial charge in [0.15, 0.2) is 0 Å². The van der Waals surface area contributed by atoms with Crippen LogP contribution in [-0.4, -0.2) is 9.13 Å². The van der Waals surface area contributed by atoms with Gasteiger partial charge in [0.25, 0.3) is 0 Å². The van der Waals surface area contributed by atoms with E-state index in [1.807, 2.05) is 0 Å². The maximum atomic E-state index is 3.78. The molecule has 0 bridgehead atoms. The topological polar surface area (TPSA) is 9.86 Å². The number of hydrogen-bond acceptors (Lipinski definition) is 0. The molecule has 39 heavy (non-hydrogen) atoms. The lowest BCUT2D eigenvalue weighted by Crippen LogP contribution is -1.94. The molecular weight excluding hydrogens is 540 g/mol. The molecule has 0 radical (unpaired) electrons. The molecule has 2 aromatic heterocycles. The van der Waals surface area contributed by atoms with Crippen molar-refractivity contribution in [1.82, 2.24) is 9.13 Å². The van der Waals surface area contributed by atoms with Gasteiger partial charge in [-0.05, 0) is 87.7 Å². The first kappa shape index (κ1) is 22.4. The first-order valence-electron chi connectivity index (χ1n) is 13.1. The highest BCUT2D eigenvalue weighted by molar-refractivity contribution is 9.10. The molecule has 2 nitrogen and oxygen atoms in total. The van der Waals surface area contributed by atoms with Crippen LogP contribution in [0.3, 0.4) is 0 Å². The molecule has 8 aromatic rings. The summed E-state index contributed by atoms with van der Waals surface area (Å²) in [5.74, 6) is 0. The average Bonchev–Trinajstić information content (AvgIpc) is 3.50. The number of halogens is 1. The highest BCUT2D eigenvalue weighted by atomic mass is 79.9. The number of rotatable bonds is 3. The predicted molar refractivity (Wildman–Crippen MR) is 168 cm³/mol. The van der Waals surface area contributed by atoms with E-state index in [1.165, 1.54) is 60.4 Å². The van der Waals surface area contributed by atoms with Gasteiger partial charge in [0.1, 0.15) is 0 Å². The second-order valence-corrected chi connectivity index (χ2v) is 10.8. The quantitative estimate of drug-likeness (QED) is 0.202. The third-order valence-electron chi connectivity index (χ3n) is 7.79. The first-order chi connectivity index (χ1) is 19.3. The lowest BCUT2D eigenvalue weighted by atomic mass is 10.0.